The van der Waals surface area contributed by atoms with E-state index in [-0.39, 0.29) is 5.56 Å². The summed E-state index contributed by atoms with van der Waals surface area (Å²) in [6.45, 7) is 10.4. The van der Waals surface area contributed by atoms with E-state index in [1.165, 1.54) is 11.1 Å². The molecule has 0 fully saturated rings. The first-order valence-corrected chi connectivity index (χ1v) is 10.8. The second-order valence-corrected chi connectivity index (χ2v) is 7.69. The number of aromatic amines is 1. The zero-order chi connectivity index (χ0) is 21.9. The highest BCUT2D eigenvalue weighted by molar-refractivity contribution is 6.01. The van der Waals surface area contributed by atoms with E-state index in [2.05, 4.69) is 81.2 Å². The molecule has 1 aromatic carbocycles. The highest BCUT2D eigenvalue weighted by Gasteiger charge is 2.09. The molecule has 0 amide bonds. The SMILES string of the molecule is CCCC(=NC1=CC=CC(C)C=C1C)c1c[nH]c(=O)c(C)c1.CCc1ccccc1. The lowest BCUT2D eigenvalue weighted by atomic mass is 10.1. The largest absolute Gasteiger partial charge is 0.328 e. The molecular weight excluding hydrogens is 368 g/mol. The number of pyridine rings is 1. The second-order valence-electron chi connectivity index (χ2n) is 7.69. The topological polar surface area (TPSA) is 45.2 Å². The van der Waals surface area contributed by atoms with Crippen molar-refractivity contribution in [3.63, 3.8) is 0 Å². The molecule has 1 heterocycles. The molecule has 1 unspecified atom stereocenters. The van der Waals surface area contributed by atoms with Crippen LogP contribution in [0.1, 0.15) is 57.2 Å². The second kappa shape index (κ2) is 11.9. The van der Waals surface area contributed by atoms with Gasteiger partial charge in [0.15, 0.2) is 0 Å². The fourth-order valence-corrected chi connectivity index (χ4v) is 3.24. The summed E-state index contributed by atoms with van der Waals surface area (Å²) in [7, 11) is 0. The number of aryl methyl sites for hydroxylation is 2. The van der Waals surface area contributed by atoms with Crippen molar-refractivity contribution < 1.29 is 0 Å². The highest BCUT2D eigenvalue weighted by Crippen LogP contribution is 2.20. The summed E-state index contributed by atoms with van der Waals surface area (Å²) in [4.78, 5) is 19.2. The standard InChI is InChI=1S/C19H24N2O.C8H10/c1-5-7-18(16-11-15(4)19(22)20-12-16)21-17-9-6-8-13(2)10-14(17)3;1-2-8-6-4-3-5-7-8/h6,8-13H,5,7H2,1-4H3,(H,20,22);3-7H,2H2,1H3. The van der Waals surface area contributed by atoms with E-state index in [9.17, 15) is 4.79 Å². The molecule has 30 heavy (non-hydrogen) atoms. The summed E-state index contributed by atoms with van der Waals surface area (Å²) in [6, 6.07) is 12.4. The Kier molecular flexibility index (Phi) is 9.27. The van der Waals surface area contributed by atoms with Gasteiger partial charge in [-0.2, -0.15) is 0 Å². The quantitative estimate of drug-likeness (QED) is 0.566. The number of hydrogen-bond donors (Lipinski definition) is 1. The van der Waals surface area contributed by atoms with Gasteiger partial charge in [0.2, 0.25) is 0 Å². The Hall–Kier alpha value is -2.94. The van der Waals surface area contributed by atoms with Gasteiger partial charge < -0.3 is 4.98 Å². The number of benzene rings is 1. The Morgan fingerprint density at radius 2 is 1.87 bits per heavy atom. The van der Waals surface area contributed by atoms with Crippen molar-refractivity contribution in [2.75, 3.05) is 0 Å². The lowest BCUT2D eigenvalue weighted by Gasteiger charge is -2.09. The number of nitrogens with one attached hydrogen (secondary N) is 1. The average molecular weight is 403 g/mol. The summed E-state index contributed by atoms with van der Waals surface area (Å²) < 4.78 is 0. The van der Waals surface area contributed by atoms with Gasteiger partial charge in [0.1, 0.15) is 0 Å². The summed E-state index contributed by atoms with van der Waals surface area (Å²) in [6.07, 6.45) is 13.3. The number of aliphatic imine (C=N–C) groups is 1. The van der Waals surface area contributed by atoms with E-state index < -0.39 is 0 Å². The molecule has 0 radical (unpaired) electrons. The lowest BCUT2D eigenvalue weighted by molar-refractivity contribution is 0.930. The summed E-state index contributed by atoms with van der Waals surface area (Å²) in [5.41, 5.74) is 6.28. The predicted octanol–water partition coefficient (Wildman–Crippen LogP) is 6.56. The normalized spacial score (nSPS) is 16.2. The zero-order valence-electron chi connectivity index (χ0n) is 18.9. The molecule has 0 bridgehead atoms. The van der Waals surface area contributed by atoms with Crippen LogP contribution >= 0.6 is 0 Å². The van der Waals surface area contributed by atoms with Crippen molar-refractivity contribution in [1.82, 2.24) is 4.98 Å². The Morgan fingerprint density at radius 3 is 2.47 bits per heavy atom. The third kappa shape index (κ3) is 7.14. The monoisotopic (exact) mass is 402 g/mol. The number of aromatic nitrogens is 1. The van der Waals surface area contributed by atoms with Gasteiger partial charge in [-0.15, -0.1) is 0 Å². The van der Waals surface area contributed by atoms with Crippen molar-refractivity contribution in [3.05, 3.63) is 105 Å². The van der Waals surface area contributed by atoms with E-state index in [0.717, 1.165) is 41.8 Å². The Morgan fingerprint density at radius 1 is 1.13 bits per heavy atom. The molecule has 1 atom stereocenters. The molecule has 158 valence electrons. The molecule has 2 aromatic rings. The molecule has 1 aliphatic carbocycles. The van der Waals surface area contributed by atoms with Gasteiger partial charge in [0, 0.05) is 23.0 Å². The van der Waals surface area contributed by atoms with Crippen molar-refractivity contribution >= 4 is 5.71 Å². The van der Waals surface area contributed by atoms with Gasteiger partial charge in [0.05, 0.1) is 5.70 Å². The maximum absolute atomic E-state index is 11.6. The highest BCUT2D eigenvalue weighted by atomic mass is 16.1. The van der Waals surface area contributed by atoms with E-state index in [1.54, 1.807) is 6.20 Å². The van der Waals surface area contributed by atoms with Gasteiger partial charge in [-0.1, -0.05) is 75.8 Å². The van der Waals surface area contributed by atoms with Gasteiger partial charge >= 0.3 is 0 Å². The fraction of sp³-hybridized carbons (Fsp3) is 0.333. The van der Waals surface area contributed by atoms with Crippen LogP contribution in [0, 0.1) is 12.8 Å². The minimum absolute atomic E-state index is 0.0406. The smallest absolute Gasteiger partial charge is 0.250 e. The van der Waals surface area contributed by atoms with Crippen LogP contribution in [-0.2, 0) is 6.42 Å². The van der Waals surface area contributed by atoms with Gasteiger partial charge in [0.25, 0.3) is 5.56 Å². The number of allylic oxidation sites excluding steroid dienone is 5. The van der Waals surface area contributed by atoms with Crippen LogP contribution in [0.3, 0.4) is 0 Å². The van der Waals surface area contributed by atoms with Gasteiger partial charge in [-0.25, -0.2) is 0 Å². The predicted molar refractivity (Wildman–Crippen MR) is 129 cm³/mol. The van der Waals surface area contributed by atoms with Crippen LogP contribution in [0.15, 0.2) is 88.0 Å². The third-order valence-electron chi connectivity index (χ3n) is 5.00. The molecule has 3 heteroatoms. The van der Waals surface area contributed by atoms with Gasteiger partial charge in [-0.05, 0) is 55.9 Å². The maximum Gasteiger partial charge on any atom is 0.250 e. The van der Waals surface area contributed by atoms with E-state index in [4.69, 9.17) is 4.99 Å². The molecule has 1 aromatic heterocycles. The molecule has 3 rings (SSSR count). The Labute approximate surface area is 181 Å². The van der Waals surface area contributed by atoms with Crippen LogP contribution in [0.2, 0.25) is 0 Å². The Balaban J connectivity index is 0.000000335. The number of rotatable bonds is 5. The molecule has 3 nitrogen and oxygen atoms in total. The molecule has 1 aliphatic rings. The molecule has 0 spiro atoms. The zero-order valence-corrected chi connectivity index (χ0v) is 18.9. The van der Waals surface area contributed by atoms with Crippen molar-refractivity contribution in [2.24, 2.45) is 10.9 Å². The van der Waals surface area contributed by atoms with E-state index in [1.807, 2.05) is 19.1 Å². The minimum atomic E-state index is -0.0406. The van der Waals surface area contributed by atoms with Crippen LogP contribution in [-0.4, -0.2) is 10.7 Å². The van der Waals surface area contributed by atoms with Crippen LogP contribution in [0.4, 0.5) is 0 Å². The average Bonchev–Trinajstić information content (AvgIpc) is 2.90. The van der Waals surface area contributed by atoms with Crippen LogP contribution in [0.5, 0.6) is 0 Å². The number of nitrogens with zero attached hydrogens (tertiary/aromatic N) is 1. The first-order chi connectivity index (χ1) is 14.4. The van der Waals surface area contributed by atoms with Crippen molar-refractivity contribution in [2.45, 2.75) is 53.9 Å². The fourth-order valence-electron chi connectivity index (χ4n) is 3.24. The lowest BCUT2D eigenvalue weighted by Crippen LogP contribution is -2.12. The minimum Gasteiger partial charge on any atom is -0.328 e. The Bertz CT molecular complexity index is 991. The molecular formula is C27H34N2O. The first-order valence-electron chi connectivity index (χ1n) is 10.8. The molecule has 1 N–H and O–H groups in total. The number of H-pyrrole nitrogens is 1. The number of hydrogen-bond acceptors (Lipinski definition) is 2. The molecule has 0 saturated heterocycles. The maximum atomic E-state index is 11.6. The summed E-state index contributed by atoms with van der Waals surface area (Å²) in [5, 5.41) is 0. The third-order valence-corrected chi connectivity index (χ3v) is 5.00. The first kappa shape index (κ1) is 23.3. The summed E-state index contributed by atoms with van der Waals surface area (Å²) >= 11 is 0. The van der Waals surface area contributed by atoms with Crippen LogP contribution < -0.4 is 5.56 Å². The van der Waals surface area contributed by atoms with Crippen LogP contribution in [0.25, 0.3) is 0 Å². The molecule has 0 saturated carbocycles. The van der Waals surface area contributed by atoms with Gasteiger partial charge in [-0.3, -0.25) is 9.79 Å². The molecule has 0 aliphatic heterocycles. The van der Waals surface area contributed by atoms with Crippen molar-refractivity contribution in [1.29, 1.82) is 0 Å². The van der Waals surface area contributed by atoms with Crippen molar-refractivity contribution in [3.8, 4) is 0 Å². The summed E-state index contributed by atoms with van der Waals surface area (Å²) in [5.74, 6) is 0.425. The van der Waals surface area contributed by atoms with E-state index in [0.29, 0.717) is 5.92 Å². The van der Waals surface area contributed by atoms with E-state index >= 15 is 0 Å².